The summed E-state index contributed by atoms with van der Waals surface area (Å²) >= 11 is 0. The molecule has 19 heavy (non-hydrogen) atoms. The molecule has 0 amide bonds. The van der Waals surface area contributed by atoms with E-state index in [0.717, 1.165) is 12.0 Å². The number of sulfonamides is 1. The molecule has 0 aliphatic carbocycles. The van der Waals surface area contributed by atoms with Gasteiger partial charge in [-0.05, 0) is 36.6 Å². The van der Waals surface area contributed by atoms with E-state index in [2.05, 4.69) is 4.72 Å². The number of aryl methyl sites for hydroxylation is 1. The minimum atomic E-state index is -3.54. The van der Waals surface area contributed by atoms with Gasteiger partial charge in [0.15, 0.2) is 0 Å². The van der Waals surface area contributed by atoms with Gasteiger partial charge in [0.1, 0.15) is 0 Å². The number of hydrogen-bond acceptors (Lipinski definition) is 4. The lowest BCUT2D eigenvalue weighted by Gasteiger charge is -2.10. The van der Waals surface area contributed by atoms with Crippen molar-refractivity contribution >= 4 is 10.0 Å². The molecule has 0 saturated carbocycles. The minimum absolute atomic E-state index is 0.161. The second-order valence-corrected chi connectivity index (χ2v) is 5.80. The largest absolute Gasteiger partial charge is 0.392 e. The van der Waals surface area contributed by atoms with Crippen LogP contribution in [0.15, 0.2) is 23.1 Å². The van der Waals surface area contributed by atoms with Crippen molar-refractivity contribution in [3.8, 4) is 0 Å². The Morgan fingerprint density at radius 3 is 2.58 bits per heavy atom. The Labute approximate surface area is 114 Å². The van der Waals surface area contributed by atoms with Gasteiger partial charge >= 0.3 is 0 Å². The zero-order valence-corrected chi connectivity index (χ0v) is 12.2. The van der Waals surface area contributed by atoms with Crippen molar-refractivity contribution in [1.29, 1.82) is 0 Å². The Bertz CT molecular complexity index is 499. The van der Waals surface area contributed by atoms with Crippen LogP contribution >= 0.6 is 0 Å². The van der Waals surface area contributed by atoms with E-state index in [-0.39, 0.29) is 18.0 Å². The fourth-order valence-corrected chi connectivity index (χ4v) is 2.80. The highest BCUT2D eigenvalue weighted by atomic mass is 32.2. The third kappa shape index (κ3) is 4.58. The maximum atomic E-state index is 12.0. The van der Waals surface area contributed by atoms with Gasteiger partial charge in [-0.2, -0.15) is 0 Å². The molecular formula is C13H21NO4S. The van der Waals surface area contributed by atoms with E-state index >= 15 is 0 Å². The molecule has 2 N–H and O–H groups in total. The van der Waals surface area contributed by atoms with Crippen LogP contribution in [-0.2, 0) is 27.8 Å². The lowest BCUT2D eigenvalue weighted by Crippen LogP contribution is -2.27. The molecule has 0 fully saturated rings. The van der Waals surface area contributed by atoms with Crippen LogP contribution in [0.5, 0.6) is 0 Å². The van der Waals surface area contributed by atoms with E-state index in [0.29, 0.717) is 18.8 Å². The van der Waals surface area contributed by atoms with Crippen molar-refractivity contribution in [2.75, 3.05) is 19.8 Å². The van der Waals surface area contributed by atoms with E-state index in [4.69, 9.17) is 4.74 Å². The van der Waals surface area contributed by atoms with Crippen LogP contribution in [0.2, 0.25) is 0 Å². The van der Waals surface area contributed by atoms with Crippen molar-refractivity contribution in [3.63, 3.8) is 0 Å². The Hall–Kier alpha value is -0.950. The summed E-state index contributed by atoms with van der Waals surface area (Å²) < 4.78 is 31.6. The molecule has 0 bridgehead atoms. The van der Waals surface area contributed by atoms with Gasteiger partial charge in [0.25, 0.3) is 0 Å². The topological polar surface area (TPSA) is 75.6 Å². The normalized spacial score (nSPS) is 11.7. The number of ether oxygens (including phenoxy) is 1. The number of rotatable bonds is 8. The van der Waals surface area contributed by atoms with Gasteiger partial charge < -0.3 is 9.84 Å². The van der Waals surface area contributed by atoms with Gasteiger partial charge in [-0.3, -0.25) is 0 Å². The standard InChI is InChI=1S/C13H21NO4S/c1-3-11-5-6-13(9-12(11)10-15)19(16,17)14-7-8-18-4-2/h5-6,9,14-15H,3-4,7-8,10H2,1-2H3. The average molecular weight is 287 g/mol. The summed E-state index contributed by atoms with van der Waals surface area (Å²) in [5, 5.41) is 9.25. The highest BCUT2D eigenvalue weighted by molar-refractivity contribution is 7.89. The Morgan fingerprint density at radius 2 is 2.00 bits per heavy atom. The van der Waals surface area contributed by atoms with E-state index in [1.807, 2.05) is 13.8 Å². The van der Waals surface area contributed by atoms with Gasteiger partial charge in [0.2, 0.25) is 10.0 Å². The van der Waals surface area contributed by atoms with E-state index < -0.39 is 10.0 Å². The predicted octanol–water partition coefficient (Wildman–Crippen LogP) is 1.06. The molecule has 0 saturated heterocycles. The van der Waals surface area contributed by atoms with Gasteiger partial charge in [0, 0.05) is 13.2 Å². The van der Waals surface area contributed by atoms with Gasteiger partial charge in [-0.25, -0.2) is 13.1 Å². The molecule has 0 heterocycles. The maximum Gasteiger partial charge on any atom is 0.240 e. The summed E-state index contributed by atoms with van der Waals surface area (Å²) in [5.74, 6) is 0. The third-order valence-corrected chi connectivity index (χ3v) is 4.24. The molecule has 0 aliphatic rings. The van der Waals surface area contributed by atoms with Crippen LogP contribution in [0.25, 0.3) is 0 Å². The van der Waals surface area contributed by atoms with Crippen LogP contribution in [-0.4, -0.2) is 33.3 Å². The summed E-state index contributed by atoms with van der Waals surface area (Å²) in [6.07, 6.45) is 0.758. The summed E-state index contributed by atoms with van der Waals surface area (Å²) in [4.78, 5) is 0.172. The van der Waals surface area contributed by atoms with Crippen molar-refractivity contribution in [2.45, 2.75) is 31.8 Å². The predicted molar refractivity (Wildman–Crippen MR) is 73.4 cm³/mol. The molecule has 6 heteroatoms. The van der Waals surface area contributed by atoms with Crippen LogP contribution in [0, 0.1) is 0 Å². The monoisotopic (exact) mass is 287 g/mol. The highest BCUT2D eigenvalue weighted by Crippen LogP contribution is 2.16. The number of aliphatic hydroxyl groups excluding tert-OH is 1. The van der Waals surface area contributed by atoms with Gasteiger partial charge in [-0.1, -0.05) is 13.0 Å². The summed E-state index contributed by atoms with van der Waals surface area (Å²) in [7, 11) is -3.54. The zero-order chi connectivity index (χ0) is 14.3. The van der Waals surface area contributed by atoms with Gasteiger partial charge in [-0.15, -0.1) is 0 Å². The van der Waals surface area contributed by atoms with Crippen LogP contribution in [0.1, 0.15) is 25.0 Å². The van der Waals surface area contributed by atoms with Crippen molar-refractivity contribution in [1.82, 2.24) is 4.72 Å². The number of benzene rings is 1. The number of nitrogens with one attached hydrogen (secondary N) is 1. The summed E-state index contributed by atoms with van der Waals surface area (Å²) in [5.41, 5.74) is 1.60. The molecule has 5 nitrogen and oxygen atoms in total. The molecule has 1 aromatic rings. The average Bonchev–Trinajstić information content (AvgIpc) is 2.42. The second-order valence-electron chi connectivity index (χ2n) is 4.04. The molecule has 1 rings (SSSR count). The smallest absolute Gasteiger partial charge is 0.240 e. The Morgan fingerprint density at radius 1 is 1.26 bits per heavy atom. The van der Waals surface area contributed by atoms with Gasteiger partial charge in [0.05, 0.1) is 18.1 Å². The van der Waals surface area contributed by atoms with Crippen LogP contribution in [0.3, 0.4) is 0 Å². The Kier molecular flexibility index (Phi) is 6.44. The fourth-order valence-electron chi connectivity index (χ4n) is 1.74. The van der Waals surface area contributed by atoms with Crippen LogP contribution < -0.4 is 4.72 Å². The molecule has 0 aliphatic heterocycles. The van der Waals surface area contributed by atoms with Crippen LogP contribution in [0.4, 0.5) is 0 Å². The minimum Gasteiger partial charge on any atom is -0.392 e. The van der Waals surface area contributed by atoms with Crippen molar-refractivity contribution in [2.24, 2.45) is 0 Å². The molecular weight excluding hydrogens is 266 g/mol. The second kappa shape index (κ2) is 7.59. The lowest BCUT2D eigenvalue weighted by molar-refractivity contribution is 0.153. The SMILES string of the molecule is CCOCCNS(=O)(=O)c1ccc(CC)c(CO)c1. The highest BCUT2D eigenvalue weighted by Gasteiger charge is 2.14. The first-order valence-electron chi connectivity index (χ1n) is 6.35. The van der Waals surface area contributed by atoms with E-state index in [1.54, 1.807) is 12.1 Å². The summed E-state index contributed by atoms with van der Waals surface area (Å²) in [6.45, 7) is 4.79. The molecule has 0 spiro atoms. The quantitative estimate of drug-likeness (QED) is 0.701. The maximum absolute atomic E-state index is 12.0. The zero-order valence-electron chi connectivity index (χ0n) is 11.3. The molecule has 0 atom stereocenters. The molecule has 0 aromatic heterocycles. The molecule has 1 aromatic carbocycles. The van der Waals surface area contributed by atoms with E-state index in [9.17, 15) is 13.5 Å². The first-order valence-corrected chi connectivity index (χ1v) is 7.83. The third-order valence-electron chi connectivity index (χ3n) is 2.78. The molecule has 0 unspecified atom stereocenters. The number of hydrogen-bond donors (Lipinski definition) is 2. The first kappa shape index (κ1) is 16.1. The summed E-state index contributed by atoms with van der Waals surface area (Å²) in [6, 6.07) is 4.81. The fraction of sp³-hybridized carbons (Fsp3) is 0.538. The van der Waals surface area contributed by atoms with Crippen molar-refractivity contribution < 1.29 is 18.3 Å². The lowest BCUT2D eigenvalue weighted by atomic mass is 10.1. The molecule has 108 valence electrons. The van der Waals surface area contributed by atoms with Crippen molar-refractivity contribution in [3.05, 3.63) is 29.3 Å². The molecule has 0 radical (unpaired) electrons. The first-order chi connectivity index (χ1) is 9.05. The number of aliphatic hydroxyl groups is 1. The van der Waals surface area contributed by atoms with E-state index in [1.165, 1.54) is 6.07 Å². The Balaban J connectivity index is 2.83.